The first-order valence-corrected chi connectivity index (χ1v) is 3.44. The summed E-state index contributed by atoms with van der Waals surface area (Å²) in [5.74, 6) is 0. The molecule has 0 spiro atoms. The fraction of sp³-hybridized carbons (Fsp3) is 0.333. The molecule has 44 valence electrons. The average molecular weight is 127 g/mol. The summed E-state index contributed by atoms with van der Waals surface area (Å²) in [7, 11) is 0. The second-order valence-electron chi connectivity index (χ2n) is 1.89. The van der Waals surface area contributed by atoms with Crippen molar-refractivity contribution < 1.29 is 0 Å². The third kappa shape index (κ3) is 1.07. The van der Waals surface area contributed by atoms with E-state index in [0.717, 1.165) is 0 Å². The van der Waals surface area contributed by atoms with Crippen LogP contribution in [0.15, 0.2) is 22.2 Å². The maximum atomic E-state index is 3.12. The molecule has 1 heterocycles. The molecule has 0 saturated carbocycles. The molecule has 0 aliphatic carbocycles. The summed E-state index contributed by atoms with van der Waals surface area (Å²) < 4.78 is 0. The number of nitrogens with one attached hydrogen (secondary N) is 1. The molecule has 1 N–H and O–H groups in total. The van der Waals surface area contributed by atoms with E-state index in [4.69, 9.17) is 0 Å². The molecule has 0 unspecified atom stereocenters. The van der Waals surface area contributed by atoms with E-state index in [2.05, 4.69) is 19.2 Å². The summed E-state index contributed by atoms with van der Waals surface area (Å²) in [5.41, 5.74) is 1.35. The SMILES string of the molecule is CC(C)=C1NC=CS1. The highest BCUT2D eigenvalue weighted by Gasteiger charge is 1.99. The van der Waals surface area contributed by atoms with Crippen LogP contribution in [0.1, 0.15) is 13.8 Å². The molecule has 8 heavy (non-hydrogen) atoms. The van der Waals surface area contributed by atoms with Crippen LogP contribution in [0.3, 0.4) is 0 Å². The Balaban J connectivity index is 2.64. The Bertz CT molecular complexity index is 133. The first kappa shape index (κ1) is 5.76. The number of hydrogen-bond donors (Lipinski definition) is 1. The summed E-state index contributed by atoms with van der Waals surface area (Å²) in [6.45, 7) is 4.20. The van der Waals surface area contributed by atoms with Gasteiger partial charge in [0.1, 0.15) is 0 Å². The molecule has 0 saturated heterocycles. The number of hydrogen-bond acceptors (Lipinski definition) is 2. The van der Waals surface area contributed by atoms with Crippen LogP contribution < -0.4 is 5.32 Å². The largest absolute Gasteiger partial charge is 0.356 e. The van der Waals surface area contributed by atoms with Gasteiger partial charge in [-0.3, -0.25) is 0 Å². The fourth-order valence-electron chi connectivity index (χ4n) is 0.508. The van der Waals surface area contributed by atoms with E-state index in [1.807, 2.05) is 11.6 Å². The van der Waals surface area contributed by atoms with Crippen LogP contribution in [-0.2, 0) is 0 Å². The Morgan fingerprint density at radius 1 is 1.62 bits per heavy atom. The van der Waals surface area contributed by atoms with Gasteiger partial charge in [0, 0.05) is 6.20 Å². The van der Waals surface area contributed by atoms with Crippen LogP contribution in [0.2, 0.25) is 0 Å². The van der Waals surface area contributed by atoms with Crippen LogP contribution in [0, 0.1) is 0 Å². The molecule has 1 aliphatic heterocycles. The Hall–Kier alpha value is -0.370. The summed E-state index contributed by atoms with van der Waals surface area (Å²) in [4.78, 5) is 0. The van der Waals surface area contributed by atoms with Gasteiger partial charge in [-0.25, -0.2) is 0 Å². The van der Waals surface area contributed by atoms with E-state index in [1.165, 1.54) is 10.6 Å². The predicted molar refractivity (Wildman–Crippen MR) is 38.2 cm³/mol. The lowest BCUT2D eigenvalue weighted by Crippen LogP contribution is -1.96. The molecule has 0 radical (unpaired) electrons. The topological polar surface area (TPSA) is 12.0 Å². The van der Waals surface area contributed by atoms with Crippen molar-refractivity contribution in [2.45, 2.75) is 13.8 Å². The average Bonchev–Trinajstić information content (AvgIpc) is 2.12. The fourth-order valence-corrected chi connectivity index (χ4v) is 1.15. The predicted octanol–water partition coefficient (Wildman–Crippen LogP) is 2.05. The van der Waals surface area contributed by atoms with Gasteiger partial charge < -0.3 is 5.32 Å². The number of rotatable bonds is 0. The van der Waals surface area contributed by atoms with Crippen molar-refractivity contribution in [2.75, 3.05) is 0 Å². The van der Waals surface area contributed by atoms with Gasteiger partial charge in [0.05, 0.1) is 5.03 Å². The van der Waals surface area contributed by atoms with Crippen molar-refractivity contribution in [1.29, 1.82) is 0 Å². The zero-order chi connectivity index (χ0) is 5.98. The first-order valence-electron chi connectivity index (χ1n) is 2.56. The zero-order valence-corrected chi connectivity index (χ0v) is 5.88. The summed E-state index contributed by atoms with van der Waals surface area (Å²) >= 11 is 1.74. The van der Waals surface area contributed by atoms with Crippen molar-refractivity contribution in [3.63, 3.8) is 0 Å². The zero-order valence-electron chi connectivity index (χ0n) is 5.06. The van der Waals surface area contributed by atoms with Gasteiger partial charge in [0.2, 0.25) is 0 Å². The minimum absolute atomic E-state index is 1.27. The summed E-state index contributed by atoms with van der Waals surface area (Å²) in [6.07, 6.45) is 1.95. The van der Waals surface area contributed by atoms with E-state index in [0.29, 0.717) is 0 Å². The first-order chi connectivity index (χ1) is 3.80. The highest BCUT2D eigenvalue weighted by atomic mass is 32.2. The smallest absolute Gasteiger partial charge is 0.0750 e. The molecule has 0 aromatic rings. The van der Waals surface area contributed by atoms with E-state index in [-0.39, 0.29) is 0 Å². The van der Waals surface area contributed by atoms with Gasteiger partial charge in [0.15, 0.2) is 0 Å². The third-order valence-electron chi connectivity index (χ3n) is 0.922. The van der Waals surface area contributed by atoms with E-state index in [9.17, 15) is 0 Å². The summed E-state index contributed by atoms with van der Waals surface area (Å²) in [6, 6.07) is 0. The summed E-state index contributed by atoms with van der Waals surface area (Å²) in [5, 5.41) is 6.43. The second-order valence-corrected chi connectivity index (χ2v) is 2.81. The normalized spacial score (nSPS) is 16.5. The van der Waals surface area contributed by atoms with Gasteiger partial charge in [-0.15, -0.1) is 0 Å². The highest BCUT2D eigenvalue weighted by Crippen LogP contribution is 2.21. The minimum Gasteiger partial charge on any atom is -0.356 e. The quantitative estimate of drug-likeness (QED) is 0.534. The van der Waals surface area contributed by atoms with Gasteiger partial charge in [-0.1, -0.05) is 11.8 Å². The van der Waals surface area contributed by atoms with Crippen LogP contribution in [-0.4, -0.2) is 0 Å². The van der Waals surface area contributed by atoms with Crippen LogP contribution in [0.5, 0.6) is 0 Å². The van der Waals surface area contributed by atoms with Gasteiger partial charge in [-0.05, 0) is 24.8 Å². The highest BCUT2D eigenvalue weighted by molar-refractivity contribution is 8.06. The Kier molecular flexibility index (Phi) is 1.63. The van der Waals surface area contributed by atoms with Gasteiger partial charge in [-0.2, -0.15) is 0 Å². The Morgan fingerprint density at radius 2 is 2.38 bits per heavy atom. The third-order valence-corrected chi connectivity index (χ3v) is 1.96. The minimum atomic E-state index is 1.27. The molecule has 1 aliphatic rings. The number of allylic oxidation sites excluding steroid dienone is 1. The lowest BCUT2D eigenvalue weighted by Gasteiger charge is -1.97. The lowest BCUT2D eigenvalue weighted by molar-refractivity contribution is 1.14. The molecule has 0 aromatic carbocycles. The second kappa shape index (κ2) is 2.27. The molecule has 0 bridgehead atoms. The molecule has 1 rings (SSSR count). The van der Waals surface area contributed by atoms with Crippen molar-refractivity contribution in [3.8, 4) is 0 Å². The molecule has 1 nitrogen and oxygen atoms in total. The molecular weight excluding hydrogens is 118 g/mol. The van der Waals surface area contributed by atoms with Gasteiger partial charge in [0.25, 0.3) is 0 Å². The lowest BCUT2D eigenvalue weighted by atomic mass is 10.4. The Labute approximate surface area is 53.9 Å². The van der Waals surface area contributed by atoms with Gasteiger partial charge >= 0.3 is 0 Å². The van der Waals surface area contributed by atoms with Crippen molar-refractivity contribution in [1.82, 2.24) is 5.32 Å². The van der Waals surface area contributed by atoms with E-state index in [1.54, 1.807) is 11.8 Å². The van der Waals surface area contributed by atoms with Crippen LogP contribution in [0.25, 0.3) is 0 Å². The molecule has 0 aromatic heterocycles. The molecule has 0 atom stereocenters. The number of thioether (sulfide) groups is 1. The molecule has 2 heteroatoms. The van der Waals surface area contributed by atoms with Crippen molar-refractivity contribution >= 4 is 11.8 Å². The van der Waals surface area contributed by atoms with Crippen LogP contribution >= 0.6 is 11.8 Å². The molecule has 0 amide bonds. The Morgan fingerprint density at radius 3 is 2.62 bits per heavy atom. The maximum absolute atomic E-state index is 3.12. The van der Waals surface area contributed by atoms with E-state index >= 15 is 0 Å². The molecular formula is C6H9NS. The van der Waals surface area contributed by atoms with Crippen LogP contribution in [0.4, 0.5) is 0 Å². The molecule has 0 fully saturated rings. The monoisotopic (exact) mass is 127 g/mol. The maximum Gasteiger partial charge on any atom is 0.0750 e. The van der Waals surface area contributed by atoms with Crippen molar-refractivity contribution in [2.24, 2.45) is 0 Å². The standard InChI is InChI=1S/C6H9NS/c1-5(2)6-7-3-4-8-6/h3-4,7H,1-2H3. The van der Waals surface area contributed by atoms with E-state index < -0.39 is 0 Å². The van der Waals surface area contributed by atoms with Crippen molar-refractivity contribution in [3.05, 3.63) is 22.2 Å².